The number of carbonyl (C=O) groups is 1. The molecule has 0 amide bonds. The van der Waals surface area contributed by atoms with Crippen molar-refractivity contribution in [1.29, 1.82) is 0 Å². The summed E-state index contributed by atoms with van der Waals surface area (Å²) in [5.74, 6) is -0.166. The van der Waals surface area contributed by atoms with Crippen molar-refractivity contribution in [2.75, 3.05) is 6.61 Å². The van der Waals surface area contributed by atoms with E-state index < -0.39 is 5.67 Å². The van der Waals surface area contributed by atoms with E-state index in [1.165, 1.54) is 0 Å². The standard InChI is InChI=1S/C12H21FO2/c1-6-15-10(14)9-8(12(9,4)5)7-11(2,3)13/h8-9H,6-7H2,1-5H3. The normalized spacial score (nSPS) is 28.7. The minimum absolute atomic E-state index is 0.102. The molecule has 15 heavy (non-hydrogen) atoms. The average molecular weight is 216 g/mol. The first-order chi connectivity index (χ1) is 6.70. The van der Waals surface area contributed by atoms with Crippen molar-refractivity contribution in [3.05, 3.63) is 0 Å². The highest BCUT2D eigenvalue weighted by atomic mass is 19.1. The smallest absolute Gasteiger partial charge is 0.309 e. The molecule has 0 aromatic carbocycles. The second-order valence-electron chi connectivity index (χ2n) is 5.58. The van der Waals surface area contributed by atoms with Crippen LogP contribution in [0.5, 0.6) is 0 Å². The predicted molar refractivity (Wildman–Crippen MR) is 57.2 cm³/mol. The molecule has 0 saturated heterocycles. The number of halogens is 1. The summed E-state index contributed by atoms with van der Waals surface area (Å²) in [7, 11) is 0. The van der Waals surface area contributed by atoms with E-state index in [2.05, 4.69) is 0 Å². The molecular weight excluding hydrogens is 195 g/mol. The summed E-state index contributed by atoms with van der Waals surface area (Å²) in [6.45, 7) is 9.32. The summed E-state index contributed by atoms with van der Waals surface area (Å²) < 4.78 is 18.5. The van der Waals surface area contributed by atoms with E-state index in [0.717, 1.165) is 0 Å². The molecule has 0 spiro atoms. The SMILES string of the molecule is CCOC(=O)C1C(CC(C)(C)F)C1(C)C. The Kier molecular flexibility index (Phi) is 3.13. The van der Waals surface area contributed by atoms with Gasteiger partial charge in [-0.25, -0.2) is 4.39 Å². The molecule has 0 heterocycles. The molecule has 0 aromatic rings. The number of rotatable bonds is 4. The number of alkyl halides is 1. The average Bonchev–Trinajstić information content (AvgIpc) is 2.50. The second-order valence-corrected chi connectivity index (χ2v) is 5.58. The van der Waals surface area contributed by atoms with Crippen molar-refractivity contribution in [2.45, 2.75) is 46.7 Å². The number of esters is 1. The lowest BCUT2D eigenvalue weighted by atomic mass is 9.99. The Morgan fingerprint density at radius 2 is 2.00 bits per heavy atom. The second kappa shape index (κ2) is 3.76. The molecule has 0 bridgehead atoms. The molecule has 1 rings (SSSR count). The van der Waals surface area contributed by atoms with Crippen LogP contribution in [-0.2, 0) is 9.53 Å². The molecule has 2 atom stereocenters. The van der Waals surface area contributed by atoms with Gasteiger partial charge in [0.1, 0.15) is 5.67 Å². The molecule has 0 radical (unpaired) electrons. The molecule has 3 heteroatoms. The molecule has 0 aromatic heterocycles. The highest BCUT2D eigenvalue weighted by Crippen LogP contribution is 2.61. The van der Waals surface area contributed by atoms with Crippen molar-refractivity contribution in [3.8, 4) is 0 Å². The zero-order valence-corrected chi connectivity index (χ0v) is 10.3. The monoisotopic (exact) mass is 216 g/mol. The van der Waals surface area contributed by atoms with Gasteiger partial charge in [0.2, 0.25) is 0 Å². The fraction of sp³-hybridized carbons (Fsp3) is 0.917. The van der Waals surface area contributed by atoms with Gasteiger partial charge in [-0.1, -0.05) is 13.8 Å². The van der Waals surface area contributed by atoms with Gasteiger partial charge in [-0.05, 0) is 38.5 Å². The first-order valence-electron chi connectivity index (χ1n) is 5.55. The molecule has 2 nitrogen and oxygen atoms in total. The fourth-order valence-corrected chi connectivity index (χ4v) is 2.35. The predicted octanol–water partition coefficient (Wildman–Crippen LogP) is 2.96. The van der Waals surface area contributed by atoms with Crippen LogP contribution in [0.4, 0.5) is 4.39 Å². The summed E-state index contributed by atoms with van der Waals surface area (Å²) in [5.41, 5.74) is -1.31. The van der Waals surface area contributed by atoms with Crippen molar-refractivity contribution < 1.29 is 13.9 Å². The first-order valence-corrected chi connectivity index (χ1v) is 5.55. The Hall–Kier alpha value is -0.600. The van der Waals surface area contributed by atoms with Gasteiger partial charge in [-0.15, -0.1) is 0 Å². The molecule has 1 saturated carbocycles. The van der Waals surface area contributed by atoms with E-state index in [1.807, 2.05) is 13.8 Å². The van der Waals surface area contributed by atoms with Crippen LogP contribution in [0.15, 0.2) is 0 Å². The zero-order chi connectivity index (χ0) is 11.9. The van der Waals surface area contributed by atoms with Crippen LogP contribution in [0.1, 0.15) is 41.0 Å². The maximum atomic E-state index is 13.5. The molecule has 1 fully saturated rings. The Morgan fingerprint density at radius 1 is 1.47 bits per heavy atom. The Balaban J connectivity index is 2.59. The van der Waals surface area contributed by atoms with Crippen molar-refractivity contribution in [1.82, 2.24) is 0 Å². The summed E-state index contributed by atoms with van der Waals surface area (Å²) in [6.07, 6.45) is 0.434. The third-order valence-electron chi connectivity index (χ3n) is 3.30. The van der Waals surface area contributed by atoms with Crippen LogP contribution >= 0.6 is 0 Å². The van der Waals surface area contributed by atoms with Gasteiger partial charge in [0.15, 0.2) is 0 Å². The quantitative estimate of drug-likeness (QED) is 0.675. The first kappa shape index (κ1) is 12.5. The maximum Gasteiger partial charge on any atom is 0.309 e. The maximum absolute atomic E-state index is 13.5. The topological polar surface area (TPSA) is 26.3 Å². The van der Waals surface area contributed by atoms with Gasteiger partial charge < -0.3 is 4.74 Å². The molecule has 0 aliphatic heterocycles. The van der Waals surface area contributed by atoms with E-state index in [0.29, 0.717) is 13.0 Å². The molecule has 0 N–H and O–H groups in total. The summed E-state index contributed by atoms with van der Waals surface area (Å²) in [5, 5.41) is 0. The summed E-state index contributed by atoms with van der Waals surface area (Å²) in [6, 6.07) is 0. The van der Waals surface area contributed by atoms with Gasteiger partial charge >= 0.3 is 5.97 Å². The lowest BCUT2D eigenvalue weighted by molar-refractivity contribution is -0.145. The lowest BCUT2D eigenvalue weighted by Gasteiger charge is -2.14. The molecule has 88 valence electrons. The van der Waals surface area contributed by atoms with Gasteiger partial charge in [0, 0.05) is 0 Å². The van der Waals surface area contributed by atoms with Gasteiger partial charge in [0.25, 0.3) is 0 Å². The van der Waals surface area contributed by atoms with Gasteiger partial charge in [-0.3, -0.25) is 4.79 Å². The zero-order valence-electron chi connectivity index (χ0n) is 10.3. The van der Waals surface area contributed by atoms with Crippen molar-refractivity contribution in [3.63, 3.8) is 0 Å². The minimum atomic E-state index is -1.21. The lowest BCUT2D eigenvalue weighted by Crippen LogP contribution is -2.15. The van der Waals surface area contributed by atoms with Crippen LogP contribution in [0.3, 0.4) is 0 Å². The molecule has 1 aliphatic carbocycles. The Morgan fingerprint density at radius 3 is 2.40 bits per heavy atom. The number of hydrogen-bond acceptors (Lipinski definition) is 2. The highest BCUT2D eigenvalue weighted by molar-refractivity contribution is 5.77. The third-order valence-corrected chi connectivity index (χ3v) is 3.30. The number of ether oxygens (including phenoxy) is 1. The fourth-order valence-electron chi connectivity index (χ4n) is 2.35. The summed E-state index contributed by atoms with van der Waals surface area (Å²) >= 11 is 0. The minimum Gasteiger partial charge on any atom is -0.466 e. The van der Waals surface area contributed by atoms with Crippen LogP contribution in [0.25, 0.3) is 0 Å². The highest BCUT2D eigenvalue weighted by Gasteiger charge is 2.63. The summed E-state index contributed by atoms with van der Waals surface area (Å²) in [4.78, 5) is 11.6. The molecule has 1 aliphatic rings. The van der Waals surface area contributed by atoms with Crippen LogP contribution in [0, 0.1) is 17.3 Å². The number of carbonyl (C=O) groups excluding carboxylic acids is 1. The van der Waals surface area contributed by atoms with E-state index in [4.69, 9.17) is 4.74 Å². The van der Waals surface area contributed by atoms with E-state index >= 15 is 0 Å². The molecular formula is C12H21FO2. The largest absolute Gasteiger partial charge is 0.466 e. The molecule has 2 unspecified atom stereocenters. The van der Waals surface area contributed by atoms with E-state index in [-0.39, 0.29) is 23.2 Å². The van der Waals surface area contributed by atoms with Crippen LogP contribution < -0.4 is 0 Å². The van der Waals surface area contributed by atoms with Crippen LogP contribution in [0.2, 0.25) is 0 Å². The van der Waals surface area contributed by atoms with Crippen LogP contribution in [-0.4, -0.2) is 18.2 Å². The van der Waals surface area contributed by atoms with E-state index in [1.54, 1.807) is 20.8 Å². The third kappa shape index (κ3) is 2.70. The number of hydrogen-bond donors (Lipinski definition) is 0. The Labute approximate surface area is 91.2 Å². The van der Waals surface area contributed by atoms with Crippen molar-refractivity contribution >= 4 is 5.97 Å². The van der Waals surface area contributed by atoms with E-state index in [9.17, 15) is 9.18 Å². The van der Waals surface area contributed by atoms with Gasteiger partial charge in [-0.2, -0.15) is 0 Å². The van der Waals surface area contributed by atoms with Crippen molar-refractivity contribution in [2.24, 2.45) is 17.3 Å². The Bertz CT molecular complexity index is 253. The van der Waals surface area contributed by atoms with Gasteiger partial charge in [0.05, 0.1) is 12.5 Å².